The number of furan rings is 3. The van der Waals surface area contributed by atoms with E-state index in [-0.39, 0.29) is 0 Å². The SMILES string of the molecule is c1ccc2c(c1)oc1c(-c3ccc(N(c4ccc(-c5cccc6oc7ccccc7c56)cc4)c4ccc(-c5cccc6oc7ccccc7c56)cc4)cc3)cccc12. The van der Waals surface area contributed by atoms with Gasteiger partial charge in [0.05, 0.1) is 0 Å². The van der Waals surface area contributed by atoms with Crippen LogP contribution in [0.1, 0.15) is 0 Å². The van der Waals surface area contributed by atoms with Gasteiger partial charge in [-0.05, 0) is 94.5 Å². The van der Waals surface area contributed by atoms with Crippen molar-refractivity contribution in [1.82, 2.24) is 0 Å². The smallest absolute Gasteiger partial charge is 0.143 e. The Kier molecular flexibility index (Phi) is 7.20. The van der Waals surface area contributed by atoms with Crippen LogP contribution in [0.15, 0.2) is 213 Å². The second kappa shape index (κ2) is 12.9. The van der Waals surface area contributed by atoms with Crippen molar-refractivity contribution in [3.8, 4) is 33.4 Å². The van der Waals surface area contributed by atoms with E-state index >= 15 is 0 Å². The van der Waals surface area contributed by atoms with Gasteiger partial charge in [-0.25, -0.2) is 0 Å². The van der Waals surface area contributed by atoms with Gasteiger partial charge < -0.3 is 18.2 Å². The maximum Gasteiger partial charge on any atom is 0.143 e. The normalized spacial score (nSPS) is 11.8. The highest BCUT2D eigenvalue weighted by molar-refractivity contribution is 6.14. The fraction of sp³-hybridized carbons (Fsp3) is 0. The summed E-state index contributed by atoms with van der Waals surface area (Å²) in [4.78, 5) is 2.32. The van der Waals surface area contributed by atoms with Crippen LogP contribution in [0.25, 0.3) is 99.2 Å². The quantitative estimate of drug-likeness (QED) is 0.170. The lowest BCUT2D eigenvalue weighted by Crippen LogP contribution is -2.09. The first-order valence-electron chi connectivity index (χ1n) is 19.6. The Bertz CT molecular complexity index is 3340. The van der Waals surface area contributed by atoms with Crippen molar-refractivity contribution >= 4 is 82.9 Å². The fourth-order valence-electron chi connectivity index (χ4n) is 8.82. The molecule has 0 aliphatic rings. The molecule has 0 radical (unpaired) electrons. The highest BCUT2D eigenvalue weighted by atomic mass is 16.3. The molecule has 12 aromatic rings. The van der Waals surface area contributed by atoms with Gasteiger partial charge in [0, 0.05) is 54.9 Å². The molecule has 4 heteroatoms. The Morgan fingerprint density at radius 2 is 0.621 bits per heavy atom. The zero-order valence-corrected chi connectivity index (χ0v) is 31.2. The molecule has 0 aliphatic carbocycles. The first-order chi connectivity index (χ1) is 28.7. The van der Waals surface area contributed by atoms with E-state index in [1.165, 1.54) is 0 Å². The Morgan fingerprint density at radius 3 is 1.12 bits per heavy atom. The van der Waals surface area contributed by atoms with E-state index in [4.69, 9.17) is 13.3 Å². The van der Waals surface area contributed by atoms with Crippen molar-refractivity contribution in [3.05, 3.63) is 200 Å². The van der Waals surface area contributed by atoms with E-state index in [0.717, 1.165) is 116 Å². The summed E-state index contributed by atoms with van der Waals surface area (Å²) in [7, 11) is 0. The number of rotatable bonds is 6. The lowest BCUT2D eigenvalue weighted by Gasteiger charge is -2.26. The highest BCUT2D eigenvalue weighted by Crippen LogP contribution is 2.43. The van der Waals surface area contributed by atoms with E-state index in [1.807, 2.05) is 48.5 Å². The van der Waals surface area contributed by atoms with Gasteiger partial charge in [-0.15, -0.1) is 0 Å². The summed E-state index contributed by atoms with van der Waals surface area (Å²) >= 11 is 0. The molecule has 9 aromatic carbocycles. The minimum atomic E-state index is 0.891. The number of benzene rings is 9. The van der Waals surface area contributed by atoms with Crippen molar-refractivity contribution < 1.29 is 13.3 Å². The summed E-state index contributed by atoms with van der Waals surface area (Å²) in [5, 5.41) is 6.76. The summed E-state index contributed by atoms with van der Waals surface area (Å²) in [6.07, 6.45) is 0. The molecule has 0 fully saturated rings. The monoisotopic (exact) mass is 743 g/mol. The molecule has 12 rings (SSSR count). The molecule has 3 aromatic heterocycles. The van der Waals surface area contributed by atoms with E-state index in [2.05, 4.69) is 157 Å². The lowest BCUT2D eigenvalue weighted by molar-refractivity contribution is 0.668. The van der Waals surface area contributed by atoms with Crippen molar-refractivity contribution in [2.75, 3.05) is 4.90 Å². The average molecular weight is 744 g/mol. The van der Waals surface area contributed by atoms with E-state index in [1.54, 1.807) is 0 Å². The maximum absolute atomic E-state index is 6.42. The van der Waals surface area contributed by atoms with Crippen LogP contribution in [0.5, 0.6) is 0 Å². The van der Waals surface area contributed by atoms with Gasteiger partial charge in [-0.1, -0.05) is 133 Å². The summed E-state index contributed by atoms with van der Waals surface area (Å²) in [6.45, 7) is 0. The van der Waals surface area contributed by atoms with Crippen molar-refractivity contribution in [3.63, 3.8) is 0 Å². The first kappa shape index (κ1) is 32.4. The number of hydrogen-bond donors (Lipinski definition) is 0. The molecule has 0 aliphatic heterocycles. The predicted octanol–water partition coefficient (Wildman–Crippen LogP) is 15.9. The van der Waals surface area contributed by atoms with Crippen LogP contribution in [-0.2, 0) is 0 Å². The van der Waals surface area contributed by atoms with Gasteiger partial charge in [0.25, 0.3) is 0 Å². The Balaban J connectivity index is 0.968. The third kappa shape index (κ3) is 5.09. The van der Waals surface area contributed by atoms with Crippen LogP contribution in [0.3, 0.4) is 0 Å². The first-order valence-corrected chi connectivity index (χ1v) is 19.6. The Hall–Kier alpha value is -7.82. The van der Waals surface area contributed by atoms with Crippen LogP contribution >= 0.6 is 0 Å². The van der Waals surface area contributed by atoms with Crippen molar-refractivity contribution in [2.24, 2.45) is 0 Å². The van der Waals surface area contributed by atoms with Crippen LogP contribution < -0.4 is 4.90 Å². The number of fused-ring (bicyclic) bond motifs is 9. The molecule has 0 saturated carbocycles. The maximum atomic E-state index is 6.42. The number of hydrogen-bond acceptors (Lipinski definition) is 4. The van der Waals surface area contributed by atoms with E-state index in [9.17, 15) is 0 Å². The summed E-state index contributed by atoms with van der Waals surface area (Å²) in [5.41, 5.74) is 15.3. The van der Waals surface area contributed by atoms with Gasteiger partial charge in [0.2, 0.25) is 0 Å². The molecule has 58 heavy (non-hydrogen) atoms. The van der Waals surface area contributed by atoms with Crippen molar-refractivity contribution in [1.29, 1.82) is 0 Å². The minimum absolute atomic E-state index is 0.891. The number of nitrogens with zero attached hydrogens (tertiary/aromatic N) is 1. The van der Waals surface area contributed by atoms with Crippen LogP contribution in [0.2, 0.25) is 0 Å². The molecule has 0 unspecified atom stereocenters. The second-order valence-corrected chi connectivity index (χ2v) is 14.8. The molecular formula is C54H33NO3. The van der Waals surface area contributed by atoms with Crippen LogP contribution in [-0.4, -0.2) is 0 Å². The van der Waals surface area contributed by atoms with Crippen molar-refractivity contribution in [2.45, 2.75) is 0 Å². The van der Waals surface area contributed by atoms with Crippen LogP contribution in [0.4, 0.5) is 17.1 Å². The molecule has 0 amide bonds. The molecule has 3 heterocycles. The Morgan fingerprint density at radius 1 is 0.259 bits per heavy atom. The van der Waals surface area contributed by atoms with Gasteiger partial charge in [0.15, 0.2) is 0 Å². The average Bonchev–Trinajstić information content (AvgIpc) is 3.99. The molecule has 0 saturated heterocycles. The molecule has 0 atom stereocenters. The Labute approximate surface area is 333 Å². The van der Waals surface area contributed by atoms with Gasteiger partial charge in [-0.3, -0.25) is 0 Å². The summed E-state index contributed by atoms with van der Waals surface area (Å²) in [6, 6.07) is 70.3. The second-order valence-electron chi connectivity index (χ2n) is 14.8. The van der Waals surface area contributed by atoms with E-state index in [0.29, 0.717) is 0 Å². The number of anilines is 3. The lowest BCUT2D eigenvalue weighted by atomic mass is 9.98. The minimum Gasteiger partial charge on any atom is -0.456 e. The van der Waals surface area contributed by atoms with E-state index < -0.39 is 0 Å². The van der Waals surface area contributed by atoms with Gasteiger partial charge in [0.1, 0.15) is 33.5 Å². The molecule has 0 bridgehead atoms. The summed E-state index contributed by atoms with van der Waals surface area (Å²) in [5.74, 6) is 0. The summed E-state index contributed by atoms with van der Waals surface area (Å²) < 4.78 is 18.9. The zero-order valence-electron chi connectivity index (χ0n) is 31.2. The fourth-order valence-corrected chi connectivity index (χ4v) is 8.82. The zero-order chi connectivity index (χ0) is 38.2. The molecule has 0 N–H and O–H groups in total. The van der Waals surface area contributed by atoms with Gasteiger partial charge >= 0.3 is 0 Å². The largest absolute Gasteiger partial charge is 0.456 e. The third-order valence-electron chi connectivity index (χ3n) is 11.5. The molecular weight excluding hydrogens is 711 g/mol. The topological polar surface area (TPSA) is 42.7 Å². The third-order valence-corrected chi connectivity index (χ3v) is 11.5. The molecule has 0 spiro atoms. The predicted molar refractivity (Wildman–Crippen MR) is 239 cm³/mol. The van der Waals surface area contributed by atoms with Gasteiger partial charge in [-0.2, -0.15) is 0 Å². The number of para-hydroxylation sites is 4. The molecule has 4 nitrogen and oxygen atoms in total. The van der Waals surface area contributed by atoms with Crippen LogP contribution in [0, 0.1) is 0 Å². The standard InChI is InChI=1S/C54H33NO3/c1-4-17-47-43(10-1)44-16-7-15-42(54(44)58-47)36-26-32-39(33-27-36)55(37-28-22-34(23-29-37)40-13-8-20-50-52(40)45-11-2-5-18-48(45)56-50)38-30-24-35(25-31-38)41-14-9-21-51-53(41)46-12-3-6-19-49(46)57-51/h1-33H. The highest BCUT2D eigenvalue weighted by Gasteiger charge is 2.18. The molecule has 272 valence electrons.